The summed E-state index contributed by atoms with van der Waals surface area (Å²) >= 11 is 0. The van der Waals surface area contributed by atoms with Crippen LogP contribution in [-0.2, 0) is 14.3 Å². The lowest BCUT2D eigenvalue weighted by Crippen LogP contribution is -2.50. The van der Waals surface area contributed by atoms with Gasteiger partial charge in [-0.3, -0.25) is 9.69 Å². The third-order valence-corrected chi connectivity index (χ3v) is 3.45. The summed E-state index contributed by atoms with van der Waals surface area (Å²) < 4.78 is 10.3. The monoisotopic (exact) mass is 258 g/mol. The summed E-state index contributed by atoms with van der Waals surface area (Å²) in [6.07, 6.45) is -0.837. The highest BCUT2D eigenvalue weighted by atomic mass is 16.5. The second-order valence-corrected chi connectivity index (χ2v) is 4.48. The highest BCUT2D eigenvalue weighted by molar-refractivity contribution is 5.86. The van der Waals surface area contributed by atoms with Gasteiger partial charge in [-0.1, -0.05) is 0 Å². The first kappa shape index (κ1) is 13.1. The molecule has 7 heteroatoms. The maximum absolute atomic E-state index is 12.3. The number of carboxylic acid groups (broad SMARTS) is 1. The lowest BCUT2D eigenvalue weighted by atomic mass is 10.1. The number of ether oxygens (including phenoxy) is 2. The molecule has 18 heavy (non-hydrogen) atoms. The highest BCUT2D eigenvalue weighted by Crippen LogP contribution is 2.22. The smallest absolute Gasteiger partial charge is 0.408 e. The molecule has 0 saturated carbocycles. The van der Waals surface area contributed by atoms with Crippen LogP contribution < -0.4 is 0 Å². The van der Waals surface area contributed by atoms with Crippen LogP contribution >= 0.6 is 0 Å². The van der Waals surface area contributed by atoms with Gasteiger partial charge in [-0.15, -0.1) is 0 Å². The second kappa shape index (κ2) is 5.53. The molecule has 0 aliphatic carbocycles. The standard InChI is InChI=1S/C11H18N2O5/c1-17-8-6-9(13(7-8)11(15)16)10(14)12-2-4-18-5-3-12/h8-9H,2-7H2,1H3,(H,15,16)/t8-,9+/m1/s1. The molecule has 7 nitrogen and oxygen atoms in total. The Bertz CT molecular complexity index is 329. The number of hydrogen-bond donors (Lipinski definition) is 1. The van der Waals surface area contributed by atoms with Crippen molar-refractivity contribution < 1.29 is 24.2 Å². The summed E-state index contributed by atoms with van der Waals surface area (Å²) in [4.78, 5) is 26.3. The van der Waals surface area contributed by atoms with Crippen LogP contribution in [0.1, 0.15) is 6.42 Å². The Morgan fingerprint density at radius 2 is 2.00 bits per heavy atom. The minimum absolute atomic E-state index is 0.139. The van der Waals surface area contributed by atoms with Gasteiger partial charge < -0.3 is 19.5 Å². The Labute approximate surface area is 105 Å². The molecule has 2 rings (SSSR count). The molecule has 2 atom stereocenters. The van der Waals surface area contributed by atoms with Gasteiger partial charge in [0, 0.05) is 26.6 Å². The molecule has 2 heterocycles. The Morgan fingerprint density at radius 1 is 1.33 bits per heavy atom. The van der Waals surface area contributed by atoms with Gasteiger partial charge in [0.25, 0.3) is 0 Å². The van der Waals surface area contributed by atoms with Crippen LogP contribution in [0.15, 0.2) is 0 Å². The first-order chi connectivity index (χ1) is 8.63. The van der Waals surface area contributed by atoms with Crippen molar-refractivity contribution in [3.63, 3.8) is 0 Å². The van der Waals surface area contributed by atoms with Crippen molar-refractivity contribution in [1.82, 2.24) is 9.80 Å². The summed E-state index contributed by atoms with van der Waals surface area (Å²) in [5, 5.41) is 9.12. The second-order valence-electron chi connectivity index (χ2n) is 4.48. The molecule has 0 aromatic carbocycles. The zero-order valence-corrected chi connectivity index (χ0v) is 10.4. The minimum atomic E-state index is -1.07. The van der Waals surface area contributed by atoms with E-state index in [1.165, 1.54) is 12.0 Å². The summed E-state index contributed by atoms with van der Waals surface area (Å²) in [6.45, 7) is 2.34. The normalized spacial score (nSPS) is 28.5. The molecule has 0 bridgehead atoms. The van der Waals surface area contributed by atoms with Crippen LogP contribution in [0.5, 0.6) is 0 Å². The molecule has 0 aromatic rings. The number of nitrogens with zero attached hydrogens (tertiary/aromatic N) is 2. The lowest BCUT2D eigenvalue weighted by Gasteiger charge is -2.31. The molecule has 0 aromatic heterocycles. The van der Waals surface area contributed by atoms with E-state index in [0.29, 0.717) is 32.7 Å². The number of likely N-dealkylation sites (tertiary alicyclic amines) is 1. The van der Waals surface area contributed by atoms with Gasteiger partial charge in [-0.2, -0.15) is 0 Å². The van der Waals surface area contributed by atoms with Crippen molar-refractivity contribution in [2.24, 2.45) is 0 Å². The van der Waals surface area contributed by atoms with Crippen LogP contribution in [0.25, 0.3) is 0 Å². The van der Waals surface area contributed by atoms with Crippen LogP contribution in [0.2, 0.25) is 0 Å². The van der Waals surface area contributed by atoms with E-state index in [1.807, 2.05) is 0 Å². The summed E-state index contributed by atoms with van der Waals surface area (Å²) in [6, 6.07) is -0.620. The van der Waals surface area contributed by atoms with Gasteiger partial charge in [-0.25, -0.2) is 4.79 Å². The molecule has 2 aliphatic rings. The average molecular weight is 258 g/mol. The van der Waals surface area contributed by atoms with E-state index >= 15 is 0 Å². The van der Waals surface area contributed by atoms with Gasteiger partial charge in [-0.05, 0) is 0 Å². The van der Waals surface area contributed by atoms with Crippen LogP contribution in [0.4, 0.5) is 4.79 Å². The van der Waals surface area contributed by atoms with Gasteiger partial charge in [0.05, 0.1) is 25.9 Å². The van der Waals surface area contributed by atoms with E-state index in [4.69, 9.17) is 14.6 Å². The van der Waals surface area contributed by atoms with Crippen molar-refractivity contribution in [1.29, 1.82) is 0 Å². The zero-order valence-electron chi connectivity index (χ0n) is 10.4. The molecule has 2 fully saturated rings. The fraction of sp³-hybridized carbons (Fsp3) is 0.818. The first-order valence-electron chi connectivity index (χ1n) is 6.02. The molecule has 2 amide bonds. The molecule has 2 saturated heterocycles. The van der Waals surface area contributed by atoms with Crippen molar-refractivity contribution in [3.05, 3.63) is 0 Å². The van der Waals surface area contributed by atoms with E-state index < -0.39 is 12.1 Å². The molecular formula is C11H18N2O5. The maximum Gasteiger partial charge on any atom is 0.408 e. The molecular weight excluding hydrogens is 240 g/mol. The van der Waals surface area contributed by atoms with E-state index in [0.717, 1.165) is 0 Å². The van der Waals surface area contributed by atoms with E-state index in [-0.39, 0.29) is 18.6 Å². The molecule has 102 valence electrons. The van der Waals surface area contributed by atoms with Crippen LogP contribution in [-0.4, -0.2) is 79.0 Å². The Hall–Kier alpha value is -1.34. The quantitative estimate of drug-likeness (QED) is 0.730. The predicted octanol–water partition coefficient (Wildman–Crippen LogP) is -0.387. The fourth-order valence-electron chi connectivity index (χ4n) is 2.41. The number of morpholine rings is 1. The number of carbonyl (C=O) groups excluding carboxylic acids is 1. The number of amides is 2. The Balaban J connectivity index is 2.04. The molecule has 0 spiro atoms. The fourth-order valence-corrected chi connectivity index (χ4v) is 2.41. The topological polar surface area (TPSA) is 79.3 Å². The minimum Gasteiger partial charge on any atom is -0.465 e. The molecule has 1 N–H and O–H groups in total. The van der Waals surface area contributed by atoms with Gasteiger partial charge in [0.2, 0.25) is 5.91 Å². The van der Waals surface area contributed by atoms with E-state index in [1.54, 1.807) is 4.90 Å². The summed E-state index contributed by atoms with van der Waals surface area (Å²) in [5.41, 5.74) is 0. The largest absolute Gasteiger partial charge is 0.465 e. The summed E-state index contributed by atoms with van der Waals surface area (Å²) in [7, 11) is 1.53. The van der Waals surface area contributed by atoms with Crippen molar-refractivity contribution in [2.45, 2.75) is 18.6 Å². The Morgan fingerprint density at radius 3 is 2.56 bits per heavy atom. The third-order valence-electron chi connectivity index (χ3n) is 3.45. The van der Waals surface area contributed by atoms with Crippen molar-refractivity contribution in [3.8, 4) is 0 Å². The maximum atomic E-state index is 12.3. The Kier molecular flexibility index (Phi) is 4.03. The number of carbonyl (C=O) groups is 2. The first-order valence-corrected chi connectivity index (χ1v) is 6.02. The van der Waals surface area contributed by atoms with E-state index in [2.05, 4.69) is 0 Å². The van der Waals surface area contributed by atoms with Crippen molar-refractivity contribution in [2.75, 3.05) is 40.0 Å². The average Bonchev–Trinajstić information content (AvgIpc) is 2.83. The SMILES string of the molecule is CO[C@@H]1C[C@@H](C(=O)N2CCOCC2)N(C(=O)O)C1. The number of methoxy groups -OCH3 is 1. The lowest BCUT2D eigenvalue weighted by molar-refractivity contribution is -0.139. The van der Waals surface area contributed by atoms with Crippen LogP contribution in [0, 0.1) is 0 Å². The van der Waals surface area contributed by atoms with Crippen molar-refractivity contribution >= 4 is 12.0 Å². The number of rotatable bonds is 2. The van der Waals surface area contributed by atoms with Gasteiger partial charge in [0.1, 0.15) is 6.04 Å². The van der Waals surface area contributed by atoms with E-state index in [9.17, 15) is 9.59 Å². The summed E-state index contributed by atoms with van der Waals surface area (Å²) in [5.74, 6) is -0.139. The molecule has 0 radical (unpaired) electrons. The van der Waals surface area contributed by atoms with Gasteiger partial charge in [0.15, 0.2) is 0 Å². The zero-order chi connectivity index (χ0) is 13.1. The number of hydrogen-bond acceptors (Lipinski definition) is 4. The molecule has 0 unspecified atom stereocenters. The highest BCUT2D eigenvalue weighted by Gasteiger charge is 2.41. The molecule has 2 aliphatic heterocycles. The van der Waals surface area contributed by atoms with Gasteiger partial charge >= 0.3 is 6.09 Å². The predicted molar refractivity (Wildman–Crippen MR) is 61.3 cm³/mol. The third kappa shape index (κ3) is 2.56. The van der Waals surface area contributed by atoms with Crippen LogP contribution in [0.3, 0.4) is 0 Å².